The van der Waals surface area contributed by atoms with E-state index < -0.39 is 83.8 Å². The number of H-pyrrole nitrogens is 1. The van der Waals surface area contributed by atoms with E-state index in [4.69, 9.17) is 34.5 Å². The van der Waals surface area contributed by atoms with Gasteiger partial charge < -0.3 is 41.2 Å². The lowest BCUT2D eigenvalue weighted by Gasteiger charge is -2.24. The van der Waals surface area contributed by atoms with Gasteiger partial charge in [-0.05, 0) is 12.1 Å². The molecule has 0 aliphatic carbocycles. The first-order valence-electron chi connectivity index (χ1n) is 13.0. The molecule has 6 rings (SSSR count). The van der Waals surface area contributed by atoms with Gasteiger partial charge in [0.15, 0.2) is 29.3 Å². The normalized spacial score (nSPS) is 30.3. The van der Waals surface area contributed by atoms with Gasteiger partial charge in [0.1, 0.15) is 48.5 Å². The van der Waals surface area contributed by atoms with Gasteiger partial charge in [0.05, 0.1) is 25.2 Å². The summed E-state index contributed by atoms with van der Waals surface area (Å²) < 4.78 is 53.9. The highest BCUT2D eigenvalue weighted by Gasteiger charge is 2.53. The smallest absolute Gasteiger partial charge is 0.394 e. The highest BCUT2D eigenvalue weighted by molar-refractivity contribution is 7.47. The van der Waals surface area contributed by atoms with E-state index in [2.05, 4.69) is 25.0 Å². The number of anilines is 2. The van der Waals surface area contributed by atoms with E-state index in [1.54, 1.807) is 6.07 Å². The molecule has 24 heteroatoms. The molecule has 2 saturated heterocycles. The van der Waals surface area contributed by atoms with Gasteiger partial charge in [-0.25, -0.2) is 19.0 Å². The van der Waals surface area contributed by atoms with Crippen LogP contribution in [0.25, 0.3) is 16.7 Å². The first-order valence-corrected chi connectivity index (χ1v) is 15.6. The second-order valence-electron chi connectivity index (χ2n) is 9.94. The summed E-state index contributed by atoms with van der Waals surface area (Å²) in [4.78, 5) is 46.3. The fourth-order valence-corrected chi connectivity index (χ4v) is 6.63. The van der Waals surface area contributed by atoms with Crippen molar-refractivity contribution in [2.45, 2.75) is 49.0 Å². The number of aliphatic hydroxyl groups excluding tert-OH is 3. The molecule has 242 valence electrons. The summed E-state index contributed by atoms with van der Waals surface area (Å²) in [5, 5.41) is 35.5. The quantitative estimate of drug-likeness (QED) is 0.0814. The lowest BCUT2D eigenvalue weighted by molar-refractivity contribution is -0.0546. The number of nitrogens with one attached hydrogen (secondary N) is 1. The standard InChI is InChI=1S/C21H25N9O13P2/c22-17-8-2-1-7(30(8)26-5-24-17)14-13(33)15(42-44(35)36)10(40-14)4-39-45(37,38)43-16-12(32)9(3-31)41-20(16)29-6-25-11-18(29)27-21(23)28-19(11)34/h1-2,5-6,9-10,12-16,20,31-33H,3-4H2,(H6-,22,23,24,26,27,28,34,35,36,37,38)/p+1/t9-,10-,12-,13+,14+,15-,16-,20-/m1/s1. The molecule has 6 heterocycles. The van der Waals surface area contributed by atoms with Crippen molar-refractivity contribution >= 4 is 44.5 Å². The van der Waals surface area contributed by atoms with Gasteiger partial charge in [0.2, 0.25) is 5.95 Å². The van der Waals surface area contributed by atoms with Gasteiger partial charge in [-0.15, -0.1) is 9.42 Å². The average Bonchev–Trinajstić information content (AvgIpc) is 3.73. The predicted octanol–water partition coefficient (Wildman–Crippen LogP) is -2.38. The molecule has 2 aliphatic rings. The second-order valence-corrected chi connectivity index (χ2v) is 12.0. The maximum absolute atomic E-state index is 13.2. The lowest BCUT2D eigenvalue weighted by Crippen LogP contribution is -2.36. The SMILES string of the molecule is Nc1nc2c(ncn2[C@@H]2O[C@H](CO)[C@@H](O)[C@H]2OP(=O)(O)OC[C@H]2O[C@@H](c3ccc4c(N)ncnn34)[C@H](O)[C@@H]2O[P+](=O)O)c(=O)[nH]1. The maximum atomic E-state index is 13.2. The predicted molar refractivity (Wildman–Crippen MR) is 146 cm³/mol. The van der Waals surface area contributed by atoms with Gasteiger partial charge in [-0.3, -0.25) is 23.4 Å². The van der Waals surface area contributed by atoms with Crippen molar-refractivity contribution in [1.82, 2.24) is 34.1 Å². The van der Waals surface area contributed by atoms with Gasteiger partial charge in [0.25, 0.3) is 5.56 Å². The van der Waals surface area contributed by atoms with Crippen LogP contribution in [0, 0.1) is 0 Å². The minimum Gasteiger partial charge on any atom is -0.394 e. The number of nitrogens with zero attached hydrogens (tertiary/aromatic N) is 6. The van der Waals surface area contributed by atoms with Crippen LogP contribution in [0.3, 0.4) is 0 Å². The molecule has 0 spiro atoms. The number of rotatable bonds is 10. The highest BCUT2D eigenvalue weighted by atomic mass is 31.2. The zero-order valence-corrected chi connectivity index (χ0v) is 24.4. The number of ether oxygens (including phenoxy) is 2. The van der Waals surface area contributed by atoms with E-state index in [9.17, 15) is 39.0 Å². The van der Waals surface area contributed by atoms with Crippen LogP contribution >= 0.6 is 16.1 Å². The molecule has 22 nitrogen and oxygen atoms in total. The van der Waals surface area contributed by atoms with Crippen LogP contribution in [0.4, 0.5) is 11.8 Å². The Morgan fingerprint density at radius 3 is 2.64 bits per heavy atom. The summed E-state index contributed by atoms with van der Waals surface area (Å²) >= 11 is 0. The topological polar surface area (TPSA) is 327 Å². The molecule has 0 aromatic carbocycles. The van der Waals surface area contributed by atoms with Crippen LogP contribution in [0.15, 0.2) is 29.6 Å². The Balaban J connectivity index is 1.22. The summed E-state index contributed by atoms with van der Waals surface area (Å²) in [6.07, 6.45) is -9.66. The van der Waals surface area contributed by atoms with Crippen molar-refractivity contribution in [3.63, 3.8) is 0 Å². The summed E-state index contributed by atoms with van der Waals surface area (Å²) in [5.74, 6) is -0.148. The van der Waals surface area contributed by atoms with Crippen molar-refractivity contribution in [2.75, 3.05) is 24.7 Å². The highest BCUT2D eigenvalue weighted by Crippen LogP contribution is 2.50. The number of phosphoric ester groups is 1. The monoisotopic (exact) mass is 674 g/mol. The van der Waals surface area contributed by atoms with E-state index in [-0.39, 0.29) is 28.6 Å². The first kappa shape index (κ1) is 31.5. The Bertz CT molecular complexity index is 1850. The van der Waals surface area contributed by atoms with Crippen LogP contribution in [0.1, 0.15) is 18.0 Å². The van der Waals surface area contributed by atoms with Gasteiger partial charge >= 0.3 is 16.1 Å². The minimum atomic E-state index is -5.16. The third-order valence-electron chi connectivity index (χ3n) is 7.22. The van der Waals surface area contributed by atoms with Gasteiger partial charge in [-0.1, -0.05) is 0 Å². The molecule has 10 N–H and O–H groups in total. The molecule has 10 atom stereocenters. The zero-order valence-electron chi connectivity index (χ0n) is 22.6. The molecular formula is C21H26N9O13P2+. The Kier molecular flexibility index (Phi) is 8.41. The third kappa shape index (κ3) is 5.83. The average molecular weight is 674 g/mol. The van der Waals surface area contributed by atoms with E-state index in [1.807, 2.05) is 0 Å². The Morgan fingerprint density at radius 1 is 1.13 bits per heavy atom. The number of imidazole rings is 1. The van der Waals surface area contributed by atoms with Crippen LogP contribution in [-0.4, -0.2) is 109 Å². The third-order valence-corrected chi connectivity index (χ3v) is 8.63. The number of aliphatic hydroxyl groups is 3. The fraction of sp³-hybridized carbons (Fsp3) is 0.476. The van der Waals surface area contributed by atoms with Gasteiger partial charge in [0, 0.05) is 4.57 Å². The Morgan fingerprint density at radius 2 is 1.91 bits per heavy atom. The first-order chi connectivity index (χ1) is 21.4. The fourth-order valence-electron chi connectivity index (χ4n) is 5.23. The molecule has 4 aromatic heterocycles. The van der Waals surface area contributed by atoms with Crippen molar-refractivity contribution in [2.24, 2.45) is 0 Å². The van der Waals surface area contributed by atoms with Crippen molar-refractivity contribution < 1.29 is 57.3 Å². The molecule has 0 radical (unpaired) electrons. The number of fused-ring (bicyclic) bond motifs is 2. The number of aromatic amines is 1. The van der Waals surface area contributed by atoms with Crippen molar-refractivity contribution in [3.8, 4) is 0 Å². The molecule has 0 amide bonds. The van der Waals surface area contributed by atoms with Crippen LogP contribution in [-0.2, 0) is 32.2 Å². The number of nitrogens with two attached hydrogens (primary N) is 2. The Hall–Kier alpha value is -3.50. The zero-order chi connectivity index (χ0) is 32.2. The molecule has 2 unspecified atom stereocenters. The number of hydrogen-bond acceptors (Lipinski definition) is 17. The molecule has 45 heavy (non-hydrogen) atoms. The van der Waals surface area contributed by atoms with Crippen LogP contribution in [0.2, 0.25) is 0 Å². The van der Waals surface area contributed by atoms with Crippen LogP contribution in [0.5, 0.6) is 0 Å². The maximum Gasteiger partial charge on any atom is 0.695 e. The molecule has 2 aliphatic heterocycles. The summed E-state index contributed by atoms with van der Waals surface area (Å²) in [5.41, 5.74) is 11.2. The molecule has 0 saturated carbocycles. The van der Waals surface area contributed by atoms with E-state index in [1.165, 1.54) is 10.6 Å². The van der Waals surface area contributed by atoms with E-state index in [0.717, 1.165) is 17.2 Å². The lowest BCUT2D eigenvalue weighted by atomic mass is 10.1. The number of hydrogen-bond donors (Lipinski definition) is 8. The molecule has 4 aromatic rings. The summed E-state index contributed by atoms with van der Waals surface area (Å²) in [6, 6.07) is 3.07. The van der Waals surface area contributed by atoms with Gasteiger partial charge in [-0.2, -0.15) is 10.1 Å². The number of phosphoric acid groups is 1. The van der Waals surface area contributed by atoms with Crippen molar-refractivity contribution in [3.05, 3.63) is 40.8 Å². The molecule has 0 bridgehead atoms. The van der Waals surface area contributed by atoms with Crippen LogP contribution < -0.4 is 17.0 Å². The second kappa shape index (κ2) is 12.0. The largest absolute Gasteiger partial charge is 0.695 e. The minimum absolute atomic E-state index is 0.114. The number of aromatic nitrogens is 7. The van der Waals surface area contributed by atoms with Crippen molar-refractivity contribution in [1.29, 1.82) is 0 Å². The molecular weight excluding hydrogens is 648 g/mol. The molecule has 2 fully saturated rings. The summed E-state index contributed by atoms with van der Waals surface area (Å²) in [6.45, 7) is -1.55. The van der Waals surface area contributed by atoms with E-state index >= 15 is 0 Å². The van der Waals surface area contributed by atoms with E-state index in [0.29, 0.717) is 5.52 Å². The summed E-state index contributed by atoms with van der Waals surface area (Å²) in [7, 11) is -8.43. The Labute approximate surface area is 250 Å². The number of nitrogen functional groups attached to an aromatic ring is 2.